The number of methoxy groups -OCH3 is 1. The number of aromatic nitrogens is 7. The Morgan fingerprint density at radius 2 is 1.71 bits per heavy atom. The number of benzene rings is 3. The van der Waals surface area contributed by atoms with E-state index in [1.807, 2.05) is 24.3 Å². The number of anilines is 4. The maximum Gasteiger partial charge on any atom is 0.326 e. The third kappa shape index (κ3) is 9.09. The zero-order chi connectivity index (χ0) is 39.0. The third-order valence-electron chi connectivity index (χ3n) is 8.98. The number of amides is 1. The van der Waals surface area contributed by atoms with Gasteiger partial charge in [-0.3, -0.25) is 9.69 Å². The predicted octanol–water partition coefficient (Wildman–Crippen LogP) is 3.98. The van der Waals surface area contributed by atoms with Crippen LogP contribution in [0.5, 0.6) is 5.88 Å². The molecule has 0 saturated carbocycles. The molecule has 1 aliphatic heterocycles. The summed E-state index contributed by atoms with van der Waals surface area (Å²) in [7, 11) is 1.46. The summed E-state index contributed by atoms with van der Waals surface area (Å²) in [5.74, 6) is -0.770. The number of carbonyl (C=O) groups is 2. The summed E-state index contributed by atoms with van der Waals surface area (Å²) in [5.41, 5.74) is 4.17. The average molecular weight is 758 g/mol. The molecule has 1 atom stereocenters. The van der Waals surface area contributed by atoms with Gasteiger partial charge in [0.15, 0.2) is 5.69 Å². The second kappa shape index (κ2) is 16.8. The van der Waals surface area contributed by atoms with E-state index in [-0.39, 0.29) is 48.3 Å². The van der Waals surface area contributed by atoms with E-state index >= 15 is 0 Å². The number of halogens is 1. The van der Waals surface area contributed by atoms with Crippen molar-refractivity contribution in [3.05, 3.63) is 113 Å². The van der Waals surface area contributed by atoms with Crippen LogP contribution >= 0.6 is 0 Å². The maximum atomic E-state index is 13.8. The number of carbonyl (C=O) groups excluding carboxylic acids is 1. The summed E-state index contributed by atoms with van der Waals surface area (Å²) < 4.78 is 19.0. The van der Waals surface area contributed by atoms with E-state index in [1.165, 1.54) is 31.6 Å². The Labute approximate surface area is 319 Å². The molecule has 1 saturated heterocycles. The summed E-state index contributed by atoms with van der Waals surface area (Å²) in [5, 5.41) is 28.5. The number of nitrogens with one attached hydrogen (secondary N) is 4. The van der Waals surface area contributed by atoms with Gasteiger partial charge in [0.05, 0.1) is 36.3 Å². The van der Waals surface area contributed by atoms with Crippen molar-refractivity contribution in [2.24, 2.45) is 0 Å². The van der Waals surface area contributed by atoms with Crippen LogP contribution in [0.2, 0.25) is 0 Å². The normalized spacial score (nSPS) is 13.5. The molecule has 1 fully saturated rings. The third-order valence-corrected chi connectivity index (χ3v) is 8.98. The van der Waals surface area contributed by atoms with Crippen LogP contribution in [0.3, 0.4) is 0 Å². The summed E-state index contributed by atoms with van der Waals surface area (Å²) in [6.07, 6.45) is 3.04. The van der Waals surface area contributed by atoms with Crippen molar-refractivity contribution >= 4 is 46.4 Å². The van der Waals surface area contributed by atoms with Crippen molar-refractivity contribution in [1.29, 1.82) is 5.26 Å². The smallest absolute Gasteiger partial charge is 0.326 e. The lowest BCUT2D eigenvalue weighted by atomic mass is 10.0. The Hall–Kier alpha value is -7.26. The minimum Gasteiger partial charge on any atom is -0.480 e. The molecule has 18 heteroatoms. The van der Waals surface area contributed by atoms with Crippen molar-refractivity contribution < 1.29 is 23.8 Å². The van der Waals surface area contributed by atoms with Crippen molar-refractivity contribution in [3.63, 3.8) is 0 Å². The van der Waals surface area contributed by atoms with E-state index in [2.05, 4.69) is 61.8 Å². The fraction of sp³-hybridized carbons (Fsp3) is 0.237. The number of ether oxygens (including phenoxy) is 1. The Morgan fingerprint density at radius 1 is 0.946 bits per heavy atom. The summed E-state index contributed by atoms with van der Waals surface area (Å²) >= 11 is 0. The summed E-state index contributed by atoms with van der Waals surface area (Å²) in [6, 6.07) is 19.6. The highest BCUT2D eigenvalue weighted by atomic mass is 19.1. The maximum absolute atomic E-state index is 13.8. The van der Waals surface area contributed by atoms with Crippen LogP contribution in [0.15, 0.2) is 79.1 Å². The van der Waals surface area contributed by atoms with Crippen LogP contribution in [0.1, 0.15) is 33.0 Å². The number of piperazine rings is 1. The van der Waals surface area contributed by atoms with Gasteiger partial charge in [-0.25, -0.2) is 24.1 Å². The Balaban J connectivity index is 1.06. The molecule has 17 nitrogen and oxygen atoms in total. The number of hydrogen-bond acceptors (Lipinski definition) is 14. The molecule has 0 aliphatic carbocycles. The van der Waals surface area contributed by atoms with Crippen molar-refractivity contribution in [3.8, 4) is 11.9 Å². The van der Waals surface area contributed by atoms with Gasteiger partial charge in [0.25, 0.3) is 5.91 Å². The Kier molecular flexibility index (Phi) is 11.1. The molecular formula is C38H36FN13O4. The number of carboxylic acids is 1. The van der Waals surface area contributed by atoms with E-state index in [9.17, 15) is 19.1 Å². The van der Waals surface area contributed by atoms with Crippen LogP contribution in [0.4, 0.5) is 27.9 Å². The summed E-state index contributed by atoms with van der Waals surface area (Å²) in [4.78, 5) is 58.8. The number of imidazole rings is 1. The largest absolute Gasteiger partial charge is 0.480 e. The molecule has 1 amide bonds. The molecule has 0 unspecified atom stereocenters. The standard InChI is InChI=1S/C38H36FN13O4/c1-56-33-32(41-11-12-42-33)34(53)52-15-13-51(14-16-52)22-25-3-2-4-27(17-25)44-37-48-36(43-21-31-45-28-10-9-26(39)19-29(28)46-31)49-38(50-37)47-30(35(54)55)18-23-5-7-24(20-40)8-6-23/h2-12,17,19,30H,13-16,18,21-22H2,1H3,(H,45,46)(H,54,55)(H3,43,44,47,48,49,50)/t30-/m0/s1. The van der Waals surface area contributed by atoms with Gasteiger partial charge in [-0.1, -0.05) is 24.3 Å². The van der Waals surface area contributed by atoms with Crippen LogP contribution in [-0.4, -0.2) is 101 Å². The number of H-pyrrole nitrogens is 1. The number of fused-ring (bicyclic) bond motifs is 1. The molecule has 0 spiro atoms. The number of rotatable bonds is 14. The predicted molar refractivity (Wildman–Crippen MR) is 203 cm³/mol. The van der Waals surface area contributed by atoms with Gasteiger partial charge >= 0.3 is 5.97 Å². The highest BCUT2D eigenvalue weighted by molar-refractivity contribution is 5.94. The van der Waals surface area contributed by atoms with Crippen molar-refractivity contribution in [1.82, 2.24) is 44.7 Å². The van der Waals surface area contributed by atoms with E-state index in [0.29, 0.717) is 66.4 Å². The monoisotopic (exact) mass is 757 g/mol. The first-order chi connectivity index (χ1) is 27.2. The molecule has 0 radical (unpaired) electrons. The van der Waals surface area contributed by atoms with Gasteiger partial charge in [-0.05, 0) is 53.6 Å². The molecule has 4 heterocycles. The summed E-state index contributed by atoms with van der Waals surface area (Å²) in [6.45, 7) is 3.10. The lowest BCUT2D eigenvalue weighted by molar-refractivity contribution is -0.137. The van der Waals surface area contributed by atoms with Crippen molar-refractivity contribution in [2.45, 2.75) is 25.6 Å². The van der Waals surface area contributed by atoms with E-state index in [4.69, 9.17) is 10.00 Å². The number of carboxylic acid groups (broad SMARTS) is 1. The van der Waals surface area contributed by atoms with Gasteiger partial charge in [-0.2, -0.15) is 20.2 Å². The van der Waals surface area contributed by atoms with Gasteiger partial charge in [0.2, 0.25) is 23.7 Å². The van der Waals surface area contributed by atoms with Gasteiger partial charge in [0.1, 0.15) is 17.7 Å². The topological polar surface area (TPSA) is 223 Å². The molecule has 56 heavy (non-hydrogen) atoms. The van der Waals surface area contributed by atoms with Gasteiger partial charge in [0, 0.05) is 57.2 Å². The highest BCUT2D eigenvalue weighted by Gasteiger charge is 2.26. The number of nitriles is 1. The number of nitrogens with zero attached hydrogens (tertiary/aromatic N) is 9. The molecule has 3 aromatic heterocycles. The Morgan fingerprint density at radius 3 is 2.48 bits per heavy atom. The van der Waals surface area contributed by atoms with Crippen LogP contribution in [0.25, 0.3) is 11.0 Å². The number of aliphatic carboxylic acids is 1. The number of aromatic amines is 1. The lowest BCUT2D eigenvalue weighted by Crippen LogP contribution is -2.48. The zero-order valence-electron chi connectivity index (χ0n) is 30.1. The average Bonchev–Trinajstić information content (AvgIpc) is 3.62. The molecule has 5 N–H and O–H groups in total. The van der Waals surface area contributed by atoms with Crippen LogP contribution in [-0.2, 0) is 24.3 Å². The first kappa shape index (κ1) is 37.1. The molecule has 6 aromatic rings. The van der Waals surface area contributed by atoms with Crippen LogP contribution < -0.4 is 20.7 Å². The fourth-order valence-corrected chi connectivity index (χ4v) is 6.18. The van der Waals surface area contributed by atoms with Gasteiger partial charge < -0.3 is 35.7 Å². The van der Waals surface area contributed by atoms with E-state index in [1.54, 1.807) is 35.2 Å². The van der Waals surface area contributed by atoms with Gasteiger partial charge in [-0.15, -0.1) is 0 Å². The molecule has 1 aliphatic rings. The highest BCUT2D eigenvalue weighted by Crippen LogP contribution is 2.22. The molecule has 284 valence electrons. The second-order valence-electron chi connectivity index (χ2n) is 12.9. The van der Waals surface area contributed by atoms with E-state index < -0.39 is 17.8 Å². The number of hydrogen-bond donors (Lipinski definition) is 5. The molecular weight excluding hydrogens is 722 g/mol. The Bertz CT molecular complexity index is 2390. The SMILES string of the molecule is COc1nccnc1C(=O)N1CCN(Cc2cccc(Nc3nc(NCc4nc5ccc(F)cc5[nH]4)nc(N[C@@H](Cc4ccc(C#N)cc4)C(=O)O)n3)c2)CC1. The molecule has 3 aromatic carbocycles. The lowest BCUT2D eigenvalue weighted by Gasteiger charge is -2.34. The van der Waals surface area contributed by atoms with E-state index in [0.717, 1.165) is 5.56 Å². The minimum atomic E-state index is -1.13. The second-order valence-corrected chi connectivity index (χ2v) is 12.9. The molecule has 0 bridgehead atoms. The van der Waals surface area contributed by atoms with Crippen LogP contribution in [0, 0.1) is 17.1 Å². The molecule has 7 rings (SSSR count). The quantitative estimate of drug-likeness (QED) is 0.106. The van der Waals surface area contributed by atoms with Crippen molar-refractivity contribution in [2.75, 3.05) is 49.2 Å². The fourth-order valence-electron chi connectivity index (χ4n) is 6.18. The first-order valence-electron chi connectivity index (χ1n) is 17.6. The first-order valence-corrected chi connectivity index (χ1v) is 17.6. The minimum absolute atomic E-state index is 0.000369. The zero-order valence-corrected chi connectivity index (χ0v) is 30.1.